The molecular weight excluding hydrogens is 208 g/mol. The lowest BCUT2D eigenvalue weighted by atomic mass is 10.0. The second kappa shape index (κ2) is 4.88. The van der Waals surface area contributed by atoms with Crippen molar-refractivity contribution in [1.29, 1.82) is 5.26 Å². The maximum atomic E-state index is 9.08. The molecule has 86 valence electrons. The summed E-state index contributed by atoms with van der Waals surface area (Å²) in [6.45, 7) is 4.32. The zero-order valence-corrected chi connectivity index (χ0v) is 10.2. The Morgan fingerprint density at radius 3 is 2.53 bits per heavy atom. The van der Waals surface area contributed by atoms with Crippen LogP contribution in [0.5, 0.6) is 0 Å². The zero-order chi connectivity index (χ0) is 12.3. The molecule has 0 aromatic heterocycles. The number of anilines is 1. The van der Waals surface area contributed by atoms with Gasteiger partial charge in [0.25, 0.3) is 0 Å². The summed E-state index contributed by atoms with van der Waals surface area (Å²) in [5.41, 5.74) is 1.84. The van der Waals surface area contributed by atoms with Crippen molar-refractivity contribution in [3.8, 4) is 6.07 Å². The van der Waals surface area contributed by atoms with E-state index in [9.17, 15) is 0 Å². The molecule has 0 aliphatic carbocycles. The van der Waals surface area contributed by atoms with Crippen molar-refractivity contribution >= 4 is 16.5 Å². The third-order valence-electron chi connectivity index (χ3n) is 3.06. The molecule has 0 heterocycles. The molecule has 0 saturated heterocycles. The second-order valence-electron chi connectivity index (χ2n) is 4.27. The Morgan fingerprint density at radius 1 is 1.18 bits per heavy atom. The summed E-state index contributed by atoms with van der Waals surface area (Å²) in [6, 6.07) is 14.6. The van der Waals surface area contributed by atoms with E-state index in [1.807, 2.05) is 30.3 Å². The number of nitrogens with zero attached hydrogens (tertiary/aromatic N) is 1. The van der Waals surface area contributed by atoms with Crippen molar-refractivity contribution in [2.45, 2.75) is 26.3 Å². The Balaban J connectivity index is 2.55. The van der Waals surface area contributed by atoms with Crippen LogP contribution in [0, 0.1) is 11.3 Å². The van der Waals surface area contributed by atoms with E-state index in [1.165, 1.54) is 0 Å². The molecule has 1 unspecified atom stereocenters. The Morgan fingerprint density at radius 2 is 1.88 bits per heavy atom. The minimum atomic E-state index is 0.436. The summed E-state index contributed by atoms with van der Waals surface area (Å²) in [5.74, 6) is 0. The average Bonchev–Trinajstić information content (AvgIpc) is 2.39. The van der Waals surface area contributed by atoms with Crippen LogP contribution in [0.3, 0.4) is 0 Å². The van der Waals surface area contributed by atoms with E-state index in [-0.39, 0.29) is 0 Å². The van der Waals surface area contributed by atoms with Gasteiger partial charge < -0.3 is 5.32 Å². The highest BCUT2D eigenvalue weighted by atomic mass is 14.9. The fraction of sp³-hybridized carbons (Fsp3) is 0.267. The van der Waals surface area contributed by atoms with E-state index in [0.29, 0.717) is 6.04 Å². The van der Waals surface area contributed by atoms with Gasteiger partial charge in [0, 0.05) is 22.5 Å². The van der Waals surface area contributed by atoms with E-state index in [0.717, 1.165) is 28.4 Å². The highest BCUT2D eigenvalue weighted by molar-refractivity contribution is 5.97. The van der Waals surface area contributed by atoms with Crippen molar-refractivity contribution in [1.82, 2.24) is 0 Å². The van der Waals surface area contributed by atoms with Crippen LogP contribution in [0.1, 0.15) is 25.8 Å². The molecule has 2 aromatic rings. The molecule has 0 spiro atoms. The summed E-state index contributed by atoms with van der Waals surface area (Å²) in [4.78, 5) is 0. The normalized spacial score (nSPS) is 12.1. The van der Waals surface area contributed by atoms with E-state index in [4.69, 9.17) is 5.26 Å². The first-order valence-corrected chi connectivity index (χ1v) is 5.94. The molecular formula is C15H16N2. The molecule has 0 saturated carbocycles. The van der Waals surface area contributed by atoms with Crippen LogP contribution in [0.25, 0.3) is 10.8 Å². The molecule has 0 amide bonds. The lowest BCUT2D eigenvalue weighted by Crippen LogP contribution is -2.13. The molecule has 0 fully saturated rings. The third-order valence-corrected chi connectivity index (χ3v) is 3.06. The number of rotatable bonds is 3. The van der Waals surface area contributed by atoms with Gasteiger partial charge in [0.2, 0.25) is 0 Å². The molecule has 2 heteroatoms. The number of nitriles is 1. The Kier molecular flexibility index (Phi) is 3.30. The molecule has 0 bridgehead atoms. The first kappa shape index (κ1) is 11.5. The zero-order valence-electron chi connectivity index (χ0n) is 10.2. The first-order valence-electron chi connectivity index (χ1n) is 5.94. The lowest BCUT2D eigenvalue weighted by molar-refractivity contribution is 0.765. The van der Waals surface area contributed by atoms with E-state index >= 15 is 0 Å². The average molecular weight is 224 g/mol. The van der Waals surface area contributed by atoms with Gasteiger partial charge in [0.05, 0.1) is 11.6 Å². The molecule has 17 heavy (non-hydrogen) atoms. The van der Waals surface area contributed by atoms with Crippen LogP contribution in [-0.2, 0) is 0 Å². The van der Waals surface area contributed by atoms with Gasteiger partial charge in [-0.1, -0.05) is 31.2 Å². The standard InChI is InChI=1S/C15H16N2/c1-3-11(2)17-15-9-8-12(10-16)13-6-4-5-7-14(13)15/h4-9,11,17H,3H2,1-2H3. The van der Waals surface area contributed by atoms with Gasteiger partial charge in [-0.25, -0.2) is 0 Å². The van der Waals surface area contributed by atoms with Crippen molar-refractivity contribution in [2.24, 2.45) is 0 Å². The monoisotopic (exact) mass is 224 g/mol. The number of fused-ring (bicyclic) bond motifs is 1. The molecule has 0 radical (unpaired) electrons. The fourth-order valence-electron chi connectivity index (χ4n) is 1.89. The maximum absolute atomic E-state index is 9.08. The second-order valence-corrected chi connectivity index (χ2v) is 4.27. The minimum absolute atomic E-state index is 0.436. The predicted molar refractivity (Wildman–Crippen MR) is 72.0 cm³/mol. The van der Waals surface area contributed by atoms with Crippen molar-refractivity contribution in [2.75, 3.05) is 5.32 Å². The molecule has 0 aliphatic rings. The number of nitrogens with one attached hydrogen (secondary N) is 1. The Hall–Kier alpha value is -2.01. The molecule has 1 N–H and O–H groups in total. The largest absolute Gasteiger partial charge is 0.382 e. The molecule has 0 aliphatic heterocycles. The molecule has 2 rings (SSSR count). The van der Waals surface area contributed by atoms with Gasteiger partial charge in [-0.2, -0.15) is 5.26 Å². The first-order chi connectivity index (χ1) is 8.26. The van der Waals surface area contributed by atoms with Gasteiger partial charge in [-0.05, 0) is 25.5 Å². The predicted octanol–water partition coefficient (Wildman–Crippen LogP) is 3.92. The maximum Gasteiger partial charge on any atom is 0.0998 e. The van der Waals surface area contributed by atoms with Crippen LogP contribution < -0.4 is 5.32 Å². The minimum Gasteiger partial charge on any atom is -0.382 e. The molecule has 2 aromatic carbocycles. The fourth-order valence-corrected chi connectivity index (χ4v) is 1.89. The van der Waals surface area contributed by atoms with Crippen LogP contribution in [0.15, 0.2) is 36.4 Å². The van der Waals surface area contributed by atoms with Crippen LogP contribution in [0.2, 0.25) is 0 Å². The Bertz CT molecular complexity index is 567. The van der Waals surface area contributed by atoms with E-state index in [2.05, 4.69) is 31.3 Å². The summed E-state index contributed by atoms with van der Waals surface area (Å²) in [7, 11) is 0. The number of hydrogen-bond acceptors (Lipinski definition) is 2. The van der Waals surface area contributed by atoms with E-state index in [1.54, 1.807) is 0 Å². The number of benzene rings is 2. The Labute approximate surface area is 102 Å². The highest BCUT2D eigenvalue weighted by Crippen LogP contribution is 2.26. The summed E-state index contributed by atoms with van der Waals surface area (Å²) < 4.78 is 0. The van der Waals surface area contributed by atoms with Gasteiger partial charge in [0.1, 0.15) is 0 Å². The van der Waals surface area contributed by atoms with Gasteiger partial charge in [-0.15, -0.1) is 0 Å². The van der Waals surface area contributed by atoms with Gasteiger partial charge in [0.15, 0.2) is 0 Å². The summed E-state index contributed by atoms with van der Waals surface area (Å²) in [6.07, 6.45) is 1.08. The summed E-state index contributed by atoms with van der Waals surface area (Å²) in [5, 5.41) is 14.7. The van der Waals surface area contributed by atoms with Crippen LogP contribution >= 0.6 is 0 Å². The van der Waals surface area contributed by atoms with Crippen LogP contribution in [-0.4, -0.2) is 6.04 Å². The molecule has 1 atom stereocenters. The van der Waals surface area contributed by atoms with Gasteiger partial charge >= 0.3 is 0 Å². The SMILES string of the molecule is CCC(C)Nc1ccc(C#N)c2ccccc12. The summed E-state index contributed by atoms with van der Waals surface area (Å²) >= 11 is 0. The van der Waals surface area contributed by atoms with Gasteiger partial charge in [-0.3, -0.25) is 0 Å². The topological polar surface area (TPSA) is 35.8 Å². The van der Waals surface area contributed by atoms with E-state index < -0.39 is 0 Å². The van der Waals surface area contributed by atoms with Crippen molar-refractivity contribution < 1.29 is 0 Å². The highest BCUT2D eigenvalue weighted by Gasteiger charge is 2.06. The molecule has 2 nitrogen and oxygen atoms in total. The quantitative estimate of drug-likeness (QED) is 0.857. The lowest BCUT2D eigenvalue weighted by Gasteiger charge is -2.15. The smallest absolute Gasteiger partial charge is 0.0998 e. The van der Waals surface area contributed by atoms with Crippen molar-refractivity contribution in [3.05, 3.63) is 42.0 Å². The third kappa shape index (κ3) is 2.24. The number of hydrogen-bond donors (Lipinski definition) is 1. The van der Waals surface area contributed by atoms with Crippen LogP contribution in [0.4, 0.5) is 5.69 Å². The van der Waals surface area contributed by atoms with Crippen molar-refractivity contribution in [3.63, 3.8) is 0 Å².